The molecule has 0 aliphatic carbocycles. The molecule has 0 bridgehead atoms. The van der Waals surface area contributed by atoms with Gasteiger partial charge in [0, 0.05) is 56.6 Å². The molecule has 3 heterocycles. The van der Waals surface area contributed by atoms with E-state index in [9.17, 15) is 23.8 Å². The van der Waals surface area contributed by atoms with Gasteiger partial charge in [-0.3, -0.25) is 15.0 Å². The minimum atomic E-state index is -3.80. The van der Waals surface area contributed by atoms with Crippen molar-refractivity contribution in [2.45, 2.75) is 11.4 Å². The molecule has 0 spiro atoms. The van der Waals surface area contributed by atoms with E-state index in [1.807, 2.05) is 65.2 Å². The standard InChI is InChI=1S/C31H26N6O4S/c32-20-25-9-4-5-12-29(25)42(40,41)35-17-15-34(16-18-35)22-28-31(23-7-2-1-3-8-23)33-30-14-13-26(21-36(28)30)24-10-6-11-27(19-24)37(38)39/h1-14,19,21H,15-18,22H2. The van der Waals surface area contributed by atoms with Crippen LogP contribution in [0.2, 0.25) is 0 Å². The van der Waals surface area contributed by atoms with Gasteiger partial charge >= 0.3 is 0 Å². The van der Waals surface area contributed by atoms with Crippen LogP contribution >= 0.6 is 0 Å². The molecule has 5 aromatic rings. The van der Waals surface area contributed by atoms with Gasteiger partial charge in [-0.1, -0.05) is 54.6 Å². The van der Waals surface area contributed by atoms with Crippen molar-refractivity contribution in [3.05, 3.63) is 119 Å². The summed E-state index contributed by atoms with van der Waals surface area (Å²) in [6, 6.07) is 28.5. The van der Waals surface area contributed by atoms with Crippen LogP contribution in [0.1, 0.15) is 11.3 Å². The maximum atomic E-state index is 13.3. The maximum absolute atomic E-state index is 13.3. The Morgan fingerprint density at radius 2 is 1.57 bits per heavy atom. The predicted octanol–water partition coefficient (Wildman–Crippen LogP) is 4.95. The number of fused-ring (bicyclic) bond motifs is 1. The first-order chi connectivity index (χ1) is 20.3. The van der Waals surface area contributed by atoms with Gasteiger partial charge in [-0.15, -0.1) is 0 Å². The summed E-state index contributed by atoms with van der Waals surface area (Å²) >= 11 is 0. The van der Waals surface area contributed by atoms with E-state index >= 15 is 0 Å². The number of rotatable bonds is 7. The van der Waals surface area contributed by atoms with Gasteiger partial charge in [0.05, 0.1) is 26.8 Å². The second-order valence-corrected chi connectivity index (χ2v) is 11.9. The van der Waals surface area contributed by atoms with Crippen LogP contribution in [0.25, 0.3) is 28.0 Å². The number of nitro benzene ring substituents is 1. The van der Waals surface area contributed by atoms with Crippen molar-refractivity contribution >= 4 is 21.4 Å². The third-order valence-corrected chi connectivity index (χ3v) is 9.44. The Morgan fingerprint density at radius 3 is 2.31 bits per heavy atom. The zero-order chi connectivity index (χ0) is 29.3. The SMILES string of the molecule is N#Cc1ccccc1S(=O)(=O)N1CCN(Cc2c(-c3ccccc3)nc3ccc(-c4cccc([N+](=O)[O-])c4)cn23)CC1. The monoisotopic (exact) mass is 578 g/mol. The van der Waals surface area contributed by atoms with Gasteiger partial charge in [0.1, 0.15) is 11.7 Å². The van der Waals surface area contributed by atoms with E-state index < -0.39 is 14.9 Å². The van der Waals surface area contributed by atoms with Crippen molar-refractivity contribution in [2.75, 3.05) is 26.2 Å². The lowest BCUT2D eigenvalue weighted by Gasteiger charge is -2.34. The lowest BCUT2D eigenvalue weighted by molar-refractivity contribution is -0.384. The molecule has 0 unspecified atom stereocenters. The van der Waals surface area contributed by atoms with E-state index in [-0.39, 0.29) is 16.1 Å². The Bertz CT molecular complexity index is 1940. The zero-order valence-electron chi connectivity index (χ0n) is 22.5. The number of nitro groups is 1. The van der Waals surface area contributed by atoms with Crippen LogP contribution in [0, 0.1) is 21.4 Å². The number of nitrogens with zero attached hydrogens (tertiary/aromatic N) is 6. The number of hydrogen-bond acceptors (Lipinski definition) is 7. The van der Waals surface area contributed by atoms with E-state index in [4.69, 9.17) is 4.98 Å². The summed E-state index contributed by atoms with van der Waals surface area (Å²) in [4.78, 5) is 18.1. The molecule has 0 radical (unpaired) electrons. The zero-order valence-corrected chi connectivity index (χ0v) is 23.3. The molecular weight excluding hydrogens is 552 g/mol. The minimum absolute atomic E-state index is 0.0219. The Labute approximate surface area is 242 Å². The van der Waals surface area contributed by atoms with Gasteiger partial charge in [-0.2, -0.15) is 9.57 Å². The molecule has 1 fully saturated rings. The van der Waals surface area contributed by atoms with Gasteiger partial charge < -0.3 is 4.40 Å². The molecule has 0 amide bonds. The molecule has 42 heavy (non-hydrogen) atoms. The first-order valence-corrected chi connectivity index (χ1v) is 14.8. The highest BCUT2D eigenvalue weighted by atomic mass is 32.2. The fourth-order valence-corrected chi connectivity index (χ4v) is 6.87. The van der Waals surface area contributed by atoms with Gasteiger partial charge in [-0.05, 0) is 35.4 Å². The van der Waals surface area contributed by atoms with Crippen molar-refractivity contribution in [3.63, 3.8) is 0 Å². The average molecular weight is 579 g/mol. The number of imidazole rings is 1. The number of piperazine rings is 1. The Morgan fingerprint density at radius 1 is 0.857 bits per heavy atom. The van der Waals surface area contributed by atoms with Crippen LogP contribution in [0.4, 0.5) is 5.69 Å². The predicted molar refractivity (Wildman–Crippen MR) is 158 cm³/mol. The third kappa shape index (κ3) is 5.14. The highest BCUT2D eigenvalue weighted by Gasteiger charge is 2.31. The normalized spacial score (nSPS) is 14.5. The van der Waals surface area contributed by atoms with Crippen molar-refractivity contribution in [3.8, 4) is 28.5 Å². The number of benzene rings is 3. The Balaban J connectivity index is 1.32. The van der Waals surface area contributed by atoms with Gasteiger partial charge in [0.25, 0.3) is 5.69 Å². The molecule has 210 valence electrons. The van der Waals surface area contributed by atoms with Crippen LogP contribution < -0.4 is 0 Å². The molecule has 1 saturated heterocycles. The lowest BCUT2D eigenvalue weighted by atomic mass is 10.1. The molecule has 2 aromatic heterocycles. The fourth-order valence-electron chi connectivity index (χ4n) is 5.30. The van der Waals surface area contributed by atoms with Crippen molar-refractivity contribution in [1.82, 2.24) is 18.6 Å². The van der Waals surface area contributed by atoms with E-state index in [1.54, 1.807) is 24.3 Å². The van der Waals surface area contributed by atoms with Crippen molar-refractivity contribution in [1.29, 1.82) is 5.26 Å². The molecule has 1 aliphatic heterocycles. The summed E-state index contributed by atoms with van der Waals surface area (Å²) in [6.07, 6.45) is 1.95. The summed E-state index contributed by atoms with van der Waals surface area (Å²) in [7, 11) is -3.80. The molecule has 0 atom stereocenters. The maximum Gasteiger partial charge on any atom is 0.270 e. The van der Waals surface area contributed by atoms with Crippen LogP contribution in [-0.4, -0.2) is 58.1 Å². The summed E-state index contributed by atoms with van der Waals surface area (Å²) in [5.74, 6) is 0. The first kappa shape index (κ1) is 27.3. The average Bonchev–Trinajstić information content (AvgIpc) is 3.39. The molecule has 0 saturated carbocycles. The molecule has 11 heteroatoms. The van der Waals surface area contributed by atoms with Gasteiger partial charge in [0.2, 0.25) is 10.0 Å². The Hall–Kier alpha value is -4.89. The molecule has 0 N–H and O–H groups in total. The Kier molecular flexibility index (Phi) is 7.26. The second-order valence-electron chi connectivity index (χ2n) is 10.0. The number of sulfonamides is 1. The highest BCUT2D eigenvalue weighted by molar-refractivity contribution is 7.89. The van der Waals surface area contributed by atoms with E-state index in [1.165, 1.54) is 22.5 Å². The largest absolute Gasteiger partial charge is 0.301 e. The van der Waals surface area contributed by atoms with Crippen molar-refractivity contribution < 1.29 is 13.3 Å². The summed E-state index contributed by atoms with van der Waals surface area (Å²) < 4.78 is 30.1. The third-order valence-electron chi connectivity index (χ3n) is 7.48. The molecule has 1 aliphatic rings. The lowest BCUT2D eigenvalue weighted by Crippen LogP contribution is -2.48. The summed E-state index contributed by atoms with van der Waals surface area (Å²) in [6.45, 7) is 2.10. The van der Waals surface area contributed by atoms with Crippen molar-refractivity contribution in [2.24, 2.45) is 0 Å². The minimum Gasteiger partial charge on any atom is -0.301 e. The molecule has 10 nitrogen and oxygen atoms in total. The molecule has 6 rings (SSSR count). The van der Waals surface area contributed by atoms with Crippen LogP contribution in [0.15, 0.2) is 102 Å². The number of aromatic nitrogens is 2. The highest BCUT2D eigenvalue weighted by Crippen LogP contribution is 2.30. The number of nitriles is 1. The topological polar surface area (TPSA) is 125 Å². The number of pyridine rings is 1. The quantitative estimate of drug-likeness (QED) is 0.198. The van der Waals surface area contributed by atoms with Gasteiger partial charge in [-0.25, -0.2) is 13.4 Å². The number of non-ortho nitro benzene ring substituents is 1. The fraction of sp³-hybridized carbons (Fsp3) is 0.161. The van der Waals surface area contributed by atoms with Crippen LogP contribution in [0.3, 0.4) is 0 Å². The van der Waals surface area contributed by atoms with Crippen LogP contribution in [-0.2, 0) is 16.6 Å². The van der Waals surface area contributed by atoms with Gasteiger partial charge in [0.15, 0.2) is 0 Å². The van der Waals surface area contributed by atoms with E-state index in [0.29, 0.717) is 32.7 Å². The molecular formula is C31H26N6O4S. The second kappa shape index (κ2) is 11.2. The van der Waals surface area contributed by atoms with Crippen LogP contribution in [0.5, 0.6) is 0 Å². The summed E-state index contributed by atoms with van der Waals surface area (Å²) in [5, 5.41) is 20.8. The van der Waals surface area contributed by atoms with E-state index in [0.717, 1.165) is 33.7 Å². The molecule has 3 aromatic carbocycles. The smallest absolute Gasteiger partial charge is 0.270 e. The van der Waals surface area contributed by atoms with E-state index in [2.05, 4.69) is 4.90 Å². The first-order valence-electron chi connectivity index (χ1n) is 13.4. The number of hydrogen-bond donors (Lipinski definition) is 0. The summed E-state index contributed by atoms with van der Waals surface area (Å²) in [5.41, 5.74) is 5.17.